The molecule has 0 amide bonds. The lowest BCUT2D eigenvalue weighted by atomic mass is 10.1. The van der Waals surface area contributed by atoms with Crippen LogP contribution in [0.2, 0.25) is 0 Å². The molecule has 25 heavy (non-hydrogen) atoms. The summed E-state index contributed by atoms with van der Waals surface area (Å²) in [6, 6.07) is 13.3. The summed E-state index contributed by atoms with van der Waals surface area (Å²) in [7, 11) is -3.78. The van der Waals surface area contributed by atoms with Gasteiger partial charge in [0.2, 0.25) is 10.0 Å². The second-order valence-corrected chi connectivity index (χ2v) is 7.54. The van der Waals surface area contributed by atoms with Gasteiger partial charge in [-0.15, -0.1) is 0 Å². The van der Waals surface area contributed by atoms with E-state index in [2.05, 4.69) is 0 Å². The highest BCUT2D eigenvalue weighted by Crippen LogP contribution is 2.24. The van der Waals surface area contributed by atoms with Gasteiger partial charge in [-0.2, -0.15) is 4.31 Å². The van der Waals surface area contributed by atoms with Gasteiger partial charge in [0.05, 0.1) is 9.82 Å². The minimum absolute atomic E-state index is 0.0691. The third-order valence-electron chi connectivity index (χ3n) is 3.86. The molecule has 0 unspecified atom stereocenters. The smallest absolute Gasteiger partial charge is 0.269 e. The summed E-state index contributed by atoms with van der Waals surface area (Å²) in [5.41, 5.74) is 6.82. The highest BCUT2D eigenvalue weighted by Gasteiger charge is 2.26. The van der Waals surface area contributed by atoms with Crippen LogP contribution in [0.15, 0.2) is 53.4 Å². The van der Waals surface area contributed by atoms with Crippen molar-refractivity contribution in [3.05, 3.63) is 69.8 Å². The molecular formula is C17H21N3O4S. The number of nitrogens with two attached hydrogens (primary N) is 1. The summed E-state index contributed by atoms with van der Waals surface area (Å²) < 4.78 is 27.2. The van der Waals surface area contributed by atoms with Crippen molar-refractivity contribution in [2.24, 2.45) is 5.73 Å². The van der Waals surface area contributed by atoms with Gasteiger partial charge in [0.25, 0.3) is 5.69 Å². The summed E-state index contributed by atoms with van der Waals surface area (Å²) in [6.07, 6.45) is 0.562. The Hall–Kier alpha value is -2.29. The largest absolute Gasteiger partial charge is 0.329 e. The lowest BCUT2D eigenvalue weighted by Crippen LogP contribution is -2.37. The molecule has 0 aliphatic heterocycles. The van der Waals surface area contributed by atoms with Crippen molar-refractivity contribution in [3.63, 3.8) is 0 Å². The maximum absolute atomic E-state index is 12.9. The zero-order valence-electron chi connectivity index (χ0n) is 14.0. The molecular weight excluding hydrogens is 342 g/mol. The molecule has 0 fully saturated rings. The van der Waals surface area contributed by atoms with Crippen molar-refractivity contribution in [3.8, 4) is 0 Å². The van der Waals surface area contributed by atoms with Crippen LogP contribution in [0.3, 0.4) is 0 Å². The number of sulfonamides is 1. The number of rotatable bonds is 8. The van der Waals surface area contributed by atoms with Crippen LogP contribution in [0.5, 0.6) is 0 Å². The zero-order valence-corrected chi connectivity index (χ0v) is 14.8. The summed E-state index contributed by atoms with van der Waals surface area (Å²) in [6.45, 7) is 2.23. The van der Waals surface area contributed by atoms with E-state index in [1.807, 2.05) is 30.3 Å². The number of hydrogen-bond acceptors (Lipinski definition) is 5. The van der Waals surface area contributed by atoms with Crippen LogP contribution in [0.25, 0.3) is 0 Å². The van der Waals surface area contributed by atoms with Gasteiger partial charge in [-0.1, -0.05) is 30.3 Å². The molecule has 2 aromatic rings. The van der Waals surface area contributed by atoms with E-state index in [-0.39, 0.29) is 23.7 Å². The Kier molecular flexibility index (Phi) is 6.24. The first kappa shape index (κ1) is 19.0. The standard InChI is InChI=1S/C17H21N3O4S/c1-14-13-16(20(21)22)7-8-17(14)25(23,24)19(12-10-18)11-9-15-5-3-2-4-6-15/h2-8,13H,9-12,18H2,1H3. The average Bonchev–Trinajstić information content (AvgIpc) is 2.59. The SMILES string of the molecule is Cc1cc([N+](=O)[O-])ccc1S(=O)(=O)N(CCN)CCc1ccccc1. The molecule has 0 spiro atoms. The number of hydrogen-bond donors (Lipinski definition) is 1. The van der Waals surface area contributed by atoms with Gasteiger partial charge in [0.1, 0.15) is 0 Å². The molecule has 0 heterocycles. The Morgan fingerprint density at radius 2 is 1.80 bits per heavy atom. The number of non-ortho nitro benzene ring substituents is 1. The van der Waals surface area contributed by atoms with Gasteiger partial charge in [-0.25, -0.2) is 8.42 Å². The molecule has 0 saturated heterocycles. The molecule has 134 valence electrons. The number of benzene rings is 2. The minimum atomic E-state index is -3.78. The van der Waals surface area contributed by atoms with E-state index in [1.165, 1.54) is 22.5 Å². The maximum atomic E-state index is 12.9. The van der Waals surface area contributed by atoms with Crippen LogP contribution in [0.4, 0.5) is 5.69 Å². The molecule has 0 radical (unpaired) electrons. The van der Waals surface area contributed by atoms with Gasteiger partial charge in [-0.05, 0) is 30.5 Å². The fourth-order valence-corrected chi connectivity index (χ4v) is 4.23. The molecule has 0 atom stereocenters. The number of nitro groups is 1. The van der Waals surface area contributed by atoms with Crippen molar-refractivity contribution in [2.75, 3.05) is 19.6 Å². The van der Waals surface area contributed by atoms with Crippen LogP contribution in [0.1, 0.15) is 11.1 Å². The second-order valence-electron chi connectivity index (χ2n) is 5.64. The molecule has 2 N–H and O–H groups in total. The van der Waals surface area contributed by atoms with Crippen LogP contribution in [0, 0.1) is 17.0 Å². The first-order chi connectivity index (χ1) is 11.9. The van der Waals surface area contributed by atoms with E-state index < -0.39 is 14.9 Å². The molecule has 2 rings (SSSR count). The van der Waals surface area contributed by atoms with E-state index >= 15 is 0 Å². The first-order valence-electron chi connectivity index (χ1n) is 7.85. The zero-order chi connectivity index (χ0) is 18.4. The number of aryl methyl sites for hydroxylation is 1. The van der Waals surface area contributed by atoms with E-state index in [1.54, 1.807) is 6.92 Å². The van der Waals surface area contributed by atoms with Crippen LogP contribution >= 0.6 is 0 Å². The molecule has 0 saturated carbocycles. The van der Waals surface area contributed by atoms with E-state index in [0.717, 1.165) is 5.56 Å². The molecule has 0 bridgehead atoms. The van der Waals surface area contributed by atoms with Gasteiger partial charge >= 0.3 is 0 Å². The molecule has 8 heteroatoms. The molecule has 0 aromatic heterocycles. The minimum Gasteiger partial charge on any atom is -0.329 e. The fraction of sp³-hybridized carbons (Fsp3) is 0.294. The summed E-state index contributed by atoms with van der Waals surface area (Å²) in [5, 5.41) is 10.8. The van der Waals surface area contributed by atoms with Crippen LogP contribution in [-0.4, -0.2) is 37.3 Å². The third kappa shape index (κ3) is 4.62. The number of nitrogens with zero attached hydrogens (tertiary/aromatic N) is 2. The van der Waals surface area contributed by atoms with Crippen molar-refractivity contribution in [1.29, 1.82) is 0 Å². The lowest BCUT2D eigenvalue weighted by molar-refractivity contribution is -0.385. The molecule has 0 aliphatic carbocycles. The summed E-state index contributed by atoms with van der Waals surface area (Å²) in [5.74, 6) is 0. The van der Waals surface area contributed by atoms with Crippen molar-refractivity contribution < 1.29 is 13.3 Å². The Balaban J connectivity index is 2.28. The quantitative estimate of drug-likeness (QED) is 0.571. The van der Waals surface area contributed by atoms with Gasteiger partial charge < -0.3 is 5.73 Å². The Labute approximate surface area is 147 Å². The average molecular weight is 363 g/mol. The highest BCUT2D eigenvalue weighted by molar-refractivity contribution is 7.89. The van der Waals surface area contributed by atoms with Crippen molar-refractivity contribution >= 4 is 15.7 Å². The second kappa shape index (κ2) is 8.19. The molecule has 2 aromatic carbocycles. The number of nitro benzene ring substituents is 1. The fourth-order valence-electron chi connectivity index (χ4n) is 2.57. The predicted octanol–water partition coefficient (Wildman–Crippen LogP) is 2.10. The molecule has 7 nitrogen and oxygen atoms in total. The van der Waals surface area contributed by atoms with Crippen molar-refractivity contribution in [1.82, 2.24) is 4.31 Å². The van der Waals surface area contributed by atoms with Crippen LogP contribution in [-0.2, 0) is 16.4 Å². The normalized spacial score (nSPS) is 11.6. The monoisotopic (exact) mass is 363 g/mol. The Bertz CT molecular complexity index is 838. The Morgan fingerprint density at radius 3 is 2.36 bits per heavy atom. The third-order valence-corrected chi connectivity index (χ3v) is 5.92. The van der Waals surface area contributed by atoms with Gasteiger partial charge in [0, 0.05) is 31.8 Å². The maximum Gasteiger partial charge on any atom is 0.269 e. The van der Waals surface area contributed by atoms with Gasteiger partial charge in [0.15, 0.2) is 0 Å². The van der Waals surface area contributed by atoms with Crippen LogP contribution < -0.4 is 5.73 Å². The topological polar surface area (TPSA) is 107 Å². The Morgan fingerprint density at radius 1 is 1.12 bits per heavy atom. The predicted molar refractivity (Wildman–Crippen MR) is 95.8 cm³/mol. The van der Waals surface area contributed by atoms with Gasteiger partial charge in [-0.3, -0.25) is 10.1 Å². The first-order valence-corrected chi connectivity index (χ1v) is 9.29. The molecule has 0 aliphatic rings. The van der Waals surface area contributed by atoms with E-state index in [9.17, 15) is 18.5 Å². The van der Waals surface area contributed by atoms with E-state index in [4.69, 9.17) is 5.73 Å². The summed E-state index contributed by atoms with van der Waals surface area (Å²) in [4.78, 5) is 10.4. The summed E-state index contributed by atoms with van der Waals surface area (Å²) >= 11 is 0. The highest BCUT2D eigenvalue weighted by atomic mass is 32.2. The lowest BCUT2D eigenvalue weighted by Gasteiger charge is -2.22. The van der Waals surface area contributed by atoms with E-state index in [0.29, 0.717) is 18.5 Å². The van der Waals surface area contributed by atoms with Crippen molar-refractivity contribution in [2.45, 2.75) is 18.2 Å².